The van der Waals surface area contributed by atoms with Crippen LogP contribution in [0.4, 0.5) is 15.8 Å². The molecule has 2 rings (SSSR count). The Kier molecular flexibility index (Phi) is 5.43. The number of benzene rings is 2. The van der Waals surface area contributed by atoms with Crippen LogP contribution in [0.2, 0.25) is 0 Å². The maximum atomic E-state index is 13.3. The number of amides is 1. The van der Waals surface area contributed by atoms with E-state index >= 15 is 0 Å². The van der Waals surface area contributed by atoms with E-state index in [4.69, 9.17) is 4.74 Å². The average molecular weight is 346 g/mol. The van der Waals surface area contributed by atoms with Crippen LogP contribution < -0.4 is 5.32 Å². The second-order valence-electron chi connectivity index (χ2n) is 5.33. The number of carbonyl (C=O) groups is 2. The van der Waals surface area contributed by atoms with Crippen molar-refractivity contribution in [3.05, 3.63) is 69.5 Å². The number of ether oxygens (including phenoxy) is 1. The fourth-order valence-electron chi connectivity index (χ4n) is 1.95. The topological polar surface area (TPSA) is 98.5 Å². The van der Waals surface area contributed by atoms with Crippen molar-refractivity contribution in [2.45, 2.75) is 20.0 Å². The summed E-state index contributed by atoms with van der Waals surface area (Å²) in [7, 11) is 0. The molecule has 0 radical (unpaired) electrons. The molecule has 2 aromatic rings. The summed E-state index contributed by atoms with van der Waals surface area (Å²) in [5.41, 5.74) is 0.529. The molecule has 0 bridgehead atoms. The van der Waals surface area contributed by atoms with E-state index in [1.807, 2.05) is 6.92 Å². The minimum Gasteiger partial charge on any atom is -0.449 e. The number of nitro groups is 1. The summed E-state index contributed by atoms with van der Waals surface area (Å²) in [6.07, 6.45) is -1.14. The molecule has 7 nitrogen and oxygen atoms in total. The third-order valence-electron chi connectivity index (χ3n) is 3.35. The van der Waals surface area contributed by atoms with Crippen LogP contribution in [0.25, 0.3) is 0 Å². The van der Waals surface area contributed by atoms with Crippen molar-refractivity contribution in [1.29, 1.82) is 0 Å². The molecule has 1 amide bonds. The number of carbonyl (C=O) groups excluding carboxylic acids is 2. The smallest absolute Gasteiger partial charge is 0.338 e. The third kappa shape index (κ3) is 4.60. The summed E-state index contributed by atoms with van der Waals surface area (Å²) in [5, 5.41) is 13.0. The van der Waals surface area contributed by atoms with E-state index in [2.05, 4.69) is 5.32 Å². The Labute approximate surface area is 142 Å². The molecule has 0 aromatic heterocycles. The highest BCUT2D eigenvalue weighted by atomic mass is 19.1. The van der Waals surface area contributed by atoms with Crippen molar-refractivity contribution in [3.63, 3.8) is 0 Å². The lowest BCUT2D eigenvalue weighted by Gasteiger charge is -2.13. The van der Waals surface area contributed by atoms with Crippen molar-refractivity contribution in [2.24, 2.45) is 0 Å². The fraction of sp³-hybridized carbons (Fsp3) is 0.176. The number of hydrogen-bond acceptors (Lipinski definition) is 5. The number of hydrogen-bond donors (Lipinski definition) is 1. The van der Waals surface area contributed by atoms with Crippen LogP contribution >= 0.6 is 0 Å². The lowest BCUT2D eigenvalue weighted by Crippen LogP contribution is -2.30. The van der Waals surface area contributed by atoms with Crippen LogP contribution in [-0.2, 0) is 9.53 Å². The van der Waals surface area contributed by atoms with E-state index in [1.165, 1.54) is 13.0 Å². The van der Waals surface area contributed by atoms with Gasteiger partial charge in [0.2, 0.25) is 5.82 Å². The van der Waals surface area contributed by atoms with Crippen LogP contribution in [0.15, 0.2) is 42.5 Å². The molecule has 2 aromatic carbocycles. The molecule has 0 unspecified atom stereocenters. The van der Waals surface area contributed by atoms with Gasteiger partial charge in [-0.25, -0.2) is 4.79 Å². The van der Waals surface area contributed by atoms with E-state index in [-0.39, 0.29) is 5.69 Å². The monoisotopic (exact) mass is 346 g/mol. The first-order valence-electron chi connectivity index (χ1n) is 7.30. The van der Waals surface area contributed by atoms with Crippen LogP contribution in [0.5, 0.6) is 0 Å². The van der Waals surface area contributed by atoms with Crippen molar-refractivity contribution < 1.29 is 23.6 Å². The van der Waals surface area contributed by atoms with E-state index < -0.39 is 34.4 Å². The fourth-order valence-corrected chi connectivity index (χ4v) is 1.95. The molecule has 1 N–H and O–H groups in total. The Hall–Kier alpha value is -3.29. The molecular formula is C17H15FN2O5. The lowest BCUT2D eigenvalue weighted by atomic mass is 10.1. The van der Waals surface area contributed by atoms with Gasteiger partial charge in [0.05, 0.1) is 10.5 Å². The number of rotatable bonds is 5. The Morgan fingerprint density at radius 2 is 1.84 bits per heavy atom. The first-order chi connectivity index (χ1) is 11.8. The first kappa shape index (κ1) is 18.1. The summed E-state index contributed by atoms with van der Waals surface area (Å²) in [5.74, 6) is -2.38. The quantitative estimate of drug-likeness (QED) is 0.509. The number of anilines is 1. The van der Waals surface area contributed by atoms with Gasteiger partial charge in [0.15, 0.2) is 6.10 Å². The van der Waals surface area contributed by atoms with E-state index in [0.29, 0.717) is 5.56 Å². The molecule has 0 spiro atoms. The number of halogens is 1. The SMILES string of the molecule is Cc1ccc(C(=O)O[C@@H](C)C(=O)Nc2ccc(F)c([N+](=O)[O-])c2)cc1. The molecule has 0 saturated carbocycles. The first-order valence-corrected chi connectivity index (χ1v) is 7.30. The molecule has 0 aliphatic carbocycles. The summed E-state index contributed by atoms with van der Waals surface area (Å²) in [6.45, 7) is 3.23. The summed E-state index contributed by atoms with van der Waals surface area (Å²) in [4.78, 5) is 33.8. The molecule has 0 heterocycles. The molecule has 1 atom stereocenters. The largest absolute Gasteiger partial charge is 0.449 e. The van der Waals surface area contributed by atoms with Gasteiger partial charge in [0.25, 0.3) is 5.91 Å². The Morgan fingerprint density at radius 3 is 2.44 bits per heavy atom. The molecular weight excluding hydrogens is 331 g/mol. The molecule has 0 saturated heterocycles. The van der Waals surface area contributed by atoms with E-state index in [9.17, 15) is 24.1 Å². The van der Waals surface area contributed by atoms with Crippen molar-refractivity contribution in [1.82, 2.24) is 0 Å². The predicted octanol–water partition coefficient (Wildman–Crippen LogP) is 3.23. The molecule has 8 heteroatoms. The van der Waals surface area contributed by atoms with Gasteiger partial charge in [-0.3, -0.25) is 14.9 Å². The molecule has 0 fully saturated rings. The number of aryl methyl sites for hydroxylation is 1. The van der Waals surface area contributed by atoms with Gasteiger partial charge in [0.1, 0.15) is 0 Å². The molecule has 0 aliphatic heterocycles. The standard InChI is InChI=1S/C17H15FN2O5/c1-10-3-5-12(6-4-10)17(22)25-11(2)16(21)19-13-7-8-14(18)15(9-13)20(23)24/h3-9,11H,1-2H3,(H,19,21)/t11-/m0/s1. The molecule has 25 heavy (non-hydrogen) atoms. The van der Waals surface area contributed by atoms with Crippen molar-refractivity contribution in [2.75, 3.05) is 5.32 Å². The Morgan fingerprint density at radius 1 is 1.20 bits per heavy atom. The average Bonchev–Trinajstić information content (AvgIpc) is 2.56. The second kappa shape index (κ2) is 7.52. The van der Waals surface area contributed by atoms with Gasteiger partial charge in [-0.2, -0.15) is 4.39 Å². The Balaban J connectivity index is 2.03. The van der Waals surface area contributed by atoms with Crippen molar-refractivity contribution in [3.8, 4) is 0 Å². The zero-order valence-corrected chi connectivity index (χ0v) is 13.5. The van der Waals surface area contributed by atoms with Crippen LogP contribution in [-0.4, -0.2) is 22.9 Å². The number of nitrogens with one attached hydrogen (secondary N) is 1. The highest BCUT2D eigenvalue weighted by Crippen LogP contribution is 2.21. The van der Waals surface area contributed by atoms with Gasteiger partial charge >= 0.3 is 11.7 Å². The maximum absolute atomic E-state index is 13.3. The lowest BCUT2D eigenvalue weighted by molar-refractivity contribution is -0.387. The number of nitro benzene ring substituents is 1. The van der Waals surface area contributed by atoms with Crippen molar-refractivity contribution >= 4 is 23.3 Å². The zero-order valence-electron chi connectivity index (χ0n) is 13.5. The van der Waals surface area contributed by atoms with Gasteiger partial charge < -0.3 is 10.1 Å². The van der Waals surface area contributed by atoms with E-state index in [0.717, 1.165) is 17.7 Å². The number of esters is 1. The Bertz CT molecular complexity index is 820. The highest BCUT2D eigenvalue weighted by Gasteiger charge is 2.21. The highest BCUT2D eigenvalue weighted by molar-refractivity contribution is 5.97. The minimum absolute atomic E-state index is 0.0244. The van der Waals surface area contributed by atoms with Gasteiger partial charge in [-0.05, 0) is 38.1 Å². The normalized spacial score (nSPS) is 11.5. The number of nitrogens with zero attached hydrogens (tertiary/aromatic N) is 1. The summed E-state index contributed by atoms with van der Waals surface area (Å²) in [6, 6.07) is 9.56. The van der Waals surface area contributed by atoms with Gasteiger partial charge in [-0.15, -0.1) is 0 Å². The van der Waals surface area contributed by atoms with Gasteiger partial charge in [-0.1, -0.05) is 17.7 Å². The van der Waals surface area contributed by atoms with Crippen LogP contribution in [0.3, 0.4) is 0 Å². The molecule has 130 valence electrons. The zero-order chi connectivity index (χ0) is 18.6. The van der Waals surface area contributed by atoms with E-state index in [1.54, 1.807) is 24.3 Å². The summed E-state index contributed by atoms with van der Waals surface area (Å²) < 4.78 is 18.3. The maximum Gasteiger partial charge on any atom is 0.338 e. The molecule has 0 aliphatic rings. The minimum atomic E-state index is -1.14. The second-order valence-corrected chi connectivity index (χ2v) is 5.33. The van der Waals surface area contributed by atoms with Crippen LogP contribution in [0, 0.1) is 22.9 Å². The van der Waals surface area contributed by atoms with Crippen LogP contribution in [0.1, 0.15) is 22.8 Å². The summed E-state index contributed by atoms with van der Waals surface area (Å²) >= 11 is 0. The predicted molar refractivity (Wildman–Crippen MR) is 87.7 cm³/mol. The van der Waals surface area contributed by atoms with Gasteiger partial charge in [0, 0.05) is 11.8 Å². The third-order valence-corrected chi connectivity index (χ3v) is 3.35.